The lowest BCUT2D eigenvalue weighted by atomic mass is 10.1. The molecule has 1 aliphatic heterocycles. The Balaban J connectivity index is 0.00000210. The van der Waals surface area contributed by atoms with Gasteiger partial charge in [0.1, 0.15) is 0 Å². The van der Waals surface area contributed by atoms with E-state index >= 15 is 0 Å². The number of aromatic amines is 1. The monoisotopic (exact) mass is 402 g/mol. The lowest BCUT2D eigenvalue weighted by Crippen LogP contribution is -2.29. The minimum atomic E-state index is -0.0861. The summed E-state index contributed by atoms with van der Waals surface area (Å²) in [6, 6.07) is 14.9. The average Bonchev–Trinajstić information content (AvgIpc) is 3.12. The molecule has 2 heterocycles. The number of aromatic nitrogens is 2. The number of carbonyl (C=O) groups is 1. The number of carbonyl (C=O) groups excluding carboxylic acids is 1. The van der Waals surface area contributed by atoms with Gasteiger partial charge in [0, 0.05) is 48.8 Å². The Hall–Kier alpha value is -2.02. The van der Waals surface area contributed by atoms with Crippen molar-refractivity contribution in [1.29, 1.82) is 0 Å². The number of amides is 1. The van der Waals surface area contributed by atoms with Crippen molar-refractivity contribution in [2.24, 2.45) is 0 Å². The number of thioether (sulfide) groups is 1. The molecule has 0 aliphatic carbocycles. The van der Waals surface area contributed by atoms with Crippen LogP contribution in [-0.2, 0) is 18.7 Å². The van der Waals surface area contributed by atoms with Crippen molar-refractivity contribution in [3.8, 4) is 0 Å². The number of hydrogen-bond donors (Lipinski definition) is 3. The van der Waals surface area contributed by atoms with Crippen LogP contribution in [0.2, 0.25) is 0 Å². The van der Waals surface area contributed by atoms with Gasteiger partial charge in [-0.15, -0.1) is 12.4 Å². The maximum absolute atomic E-state index is 12.4. The SMILES string of the molecule is Cl.O=C(NCCSCc1cccc2ccccc12)c1n[nH]c2c1CNCC2. The van der Waals surface area contributed by atoms with Crippen LogP contribution in [0.5, 0.6) is 0 Å². The summed E-state index contributed by atoms with van der Waals surface area (Å²) in [5.41, 5.74) is 3.97. The molecular formula is C20H23ClN4OS. The van der Waals surface area contributed by atoms with Gasteiger partial charge in [-0.2, -0.15) is 16.9 Å². The molecule has 142 valence electrons. The fourth-order valence-corrected chi connectivity index (χ4v) is 4.20. The van der Waals surface area contributed by atoms with Crippen molar-refractivity contribution in [2.75, 3.05) is 18.8 Å². The van der Waals surface area contributed by atoms with Gasteiger partial charge in [-0.3, -0.25) is 9.89 Å². The molecule has 1 aromatic heterocycles. The molecule has 1 aliphatic rings. The molecule has 3 N–H and O–H groups in total. The molecule has 1 amide bonds. The maximum atomic E-state index is 12.4. The molecule has 0 spiro atoms. The highest BCUT2D eigenvalue weighted by Crippen LogP contribution is 2.22. The molecular weight excluding hydrogens is 380 g/mol. The van der Waals surface area contributed by atoms with E-state index in [2.05, 4.69) is 63.3 Å². The van der Waals surface area contributed by atoms with Crippen LogP contribution in [0.1, 0.15) is 27.3 Å². The number of fused-ring (bicyclic) bond motifs is 2. The van der Waals surface area contributed by atoms with Crippen LogP contribution in [0.3, 0.4) is 0 Å². The molecule has 0 saturated heterocycles. The zero-order valence-corrected chi connectivity index (χ0v) is 16.6. The molecule has 7 heteroatoms. The van der Waals surface area contributed by atoms with Gasteiger partial charge in [0.2, 0.25) is 0 Å². The van der Waals surface area contributed by atoms with Gasteiger partial charge in [0.05, 0.1) is 0 Å². The third-order valence-electron chi connectivity index (χ3n) is 4.69. The van der Waals surface area contributed by atoms with E-state index in [0.717, 1.165) is 35.7 Å². The highest BCUT2D eigenvalue weighted by Gasteiger charge is 2.21. The lowest BCUT2D eigenvalue weighted by Gasteiger charge is -2.12. The van der Waals surface area contributed by atoms with Gasteiger partial charge in [0.15, 0.2) is 5.69 Å². The molecule has 0 saturated carbocycles. The highest BCUT2D eigenvalue weighted by molar-refractivity contribution is 7.98. The molecule has 27 heavy (non-hydrogen) atoms. The van der Waals surface area contributed by atoms with Crippen LogP contribution in [0.25, 0.3) is 10.8 Å². The Morgan fingerprint density at radius 1 is 1.19 bits per heavy atom. The second-order valence-electron chi connectivity index (χ2n) is 6.40. The second-order valence-corrected chi connectivity index (χ2v) is 7.51. The van der Waals surface area contributed by atoms with E-state index in [1.54, 1.807) is 0 Å². The van der Waals surface area contributed by atoms with Crippen LogP contribution in [0.15, 0.2) is 42.5 Å². The summed E-state index contributed by atoms with van der Waals surface area (Å²) in [6.45, 7) is 2.29. The van der Waals surface area contributed by atoms with Crippen molar-refractivity contribution in [1.82, 2.24) is 20.8 Å². The molecule has 3 aromatic rings. The van der Waals surface area contributed by atoms with Gasteiger partial charge < -0.3 is 10.6 Å². The van der Waals surface area contributed by atoms with Crippen LogP contribution >= 0.6 is 24.2 Å². The third kappa shape index (κ3) is 4.46. The van der Waals surface area contributed by atoms with E-state index in [4.69, 9.17) is 0 Å². The molecule has 5 nitrogen and oxygen atoms in total. The van der Waals surface area contributed by atoms with E-state index < -0.39 is 0 Å². The number of H-pyrrole nitrogens is 1. The molecule has 0 fully saturated rings. The highest BCUT2D eigenvalue weighted by atomic mass is 35.5. The van der Waals surface area contributed by atoms with Crippen molar-refractivity contribution < 1.29 is 4.79 Å². The lowest BCUT2D eigenvalue weighted by molar-refractivity contribution is 0.0950. The summed E-state index contributed by atoms with van der Waals surface area (Å²) in [7, 11) is 0. The summed E-state index contributed by atoms with van der Waals surface area (Å²) in [6.07, 6.45) is 0.899. The first-order valence-corrected chi connectivity index (χ1v) is 10.1. The number of nitrogens with zero attached hydrogens (tertiary/aromatic N) is 1. The predicted molar refractivity (Wildman–Crippen MR) is 114 cm³/mol. The number of benzene rings is 2. The Bertz CT molecular complexity index is 922. The van der Waals surface area contributed by atoms with E-state index in [1.807, 2.05) is 11.8 Å². The first-order chi connectivity index (χ1) is 12.8. The first-order valence-electron chi connectivity index (χ1n) is 8.92. The first kappa shape index (κ1) is 19.7. The van der Waals surface area contributed by atoms with Crippen LogP contribution in [-0.4, -0.2) is 34.9 Å². The quantitative estimate of drug-likeness (QED) is 0.553. The molecule has 2 aromatic carbocycles. The summed E-state index contributed by atoms with van der Waals surface area (Å²) >= 11 is 1.83. The summed E-state index contributed by atoms with van der Waals surface area (Å²) in [5, 5.41) is 16.0. The van der Waals surface area contributed by atoms with Crippen LogP contribution in [0, 0.1) is 0 Å². The van der Waals surface area contributed by atoms with Gasteiger partial charge in [-0.25, -0.2) is 0 Å². The summed E-state index contributed by atoms with van der Waals surface area (Å²) in [5.74, 6) is 1.73. The summed E-state index contributed by atoms with van der Waals surface area (Å²) < 4.78 is 0. The van der Waals surface area contributed by atoms with Gasteiger partial charge in [0.25, 0.3) is 5.91 Å². The second kappa shape index (κ2) is 9.26. The molecule has 0 unspecified atom stereocenters. The molecule has 4 rings (SSSR count). The number of rotatable bonds is 6. The van der Waals surface area contributed by atoms with Crippen LogP contribution in [0.4, 0.5) is 0 Å². The Morgan fingerprint density at radius 2 is 2.04 bits per heavy atom. The minimum absolute atomic E-state index is 0. The van der Waals surface area contributed by atoms with E-state index in [-0.39, 0.29) is 18.3 Å². The van der Waals surface area contributed by atoms with E-state index in [9.17, 15) is 4.79 Å². The number of halogens is 1. The zero-order chi connectivity index (χ0) is 17.8. The largest absolute Gasteiger partial charge is 0.350 e. The van der Waals surface area contributed by atoms with Crippen LogP contribution < -0.4 is 10.6 Å². The Kier molecular flexibility index (Phi) is 6.77. The Morgan fingerprint density at radius 3 is 2.96 bits per heavy atom. The van der Waals surface area contributed by atoms with Gasteiger partial charge >= 0.3 is 0 Å². The molecule has 0 bridgehead atoms. The third-order valence-corrected chi connectivity index (χ3v) is 5.70. The fourth-order valence-electron chi connectivity index (χ4n) is 3.33. The van der Waals surface area contributed by atoms with Crippen molar-refractivity contribution >= 4 is 40.8 Å². The molecule has 0 atom stereocenters. The summed E-state index contributed by atoms with van der Waals surface area (Å²) in [4.78, 5) is 12.4. The zero-order valence-electron chi connectivity index (χ0n) is 15.0. The predicted octanol–water partition coefficient (Wildman–Crippen LogP) is 3.29. The standard InChI is InChI=1S/C20H22N4OS.ClH/c25-20(19-17-12-21-9-8-18(17)23-24-19)22-10-11-26-13-15-6-3-5-14-4-1-2-7-16(14)15;/h1-7,21H,8-13H2,(H,22,25)(H,23,24);1H. The minimum Gasteiger partial charge on any atom is -0.350 e. The van der Waals surface area contributed by atoms with E-state index in [0.29, 0.717) is 18.8 Å². The smallest absolute Gasteiger partial charge is 0.272 e. The topological polar surface area (TPSA) is 69.8 Å². The Labute approximate surface area is 169 Å². The number of nitrogens with one attached hydrogen (secondary N) is 3. The van der Waals surface area contributed by atoms with E-state index in [1.165, 1.54) is 16.3 Å². The van der Waals surface area contributed by atoms with Crippen molar-refractivity contribution in [3.63, 3.8) is 0 Å². The maximum Gasteiger partial charge on any atom is 0.272 e. The molecule has 0 radical (unpaired) electrons. The van der Waals surface area contributed by atoms with Gasteiger partial charge in [-0.1, -0.05) is 42.5 Å². The number of hydrogen-bond acceptors (Lipinski definition) is 4. The normalized spacial score (nSPS) is 13.0. The average molecular weight is 403 g/mol. The fraction of sp³-hybridized carbons (Fsp3) is 0.300. The van der Waals surface area contributed by atoms with Gasteiger partial charge in [-0.05, 0) is 16.3 Å². The van der Waals surface area contributed by atoms with Crippen molar-refractivity contribution in [2.45, 2.75) is 18.7 Å². The van der Waals surface area contributed by atoms with Crippen molar-refractivity contribution in [3.05, 3.63) is 65.0 Å².